The third-order valence-electron chi connectivity index (χ3n) is 4.05. The van der Waals surface area contributed by atoms with Crippen LogP contribution in [-0.2, 0) is 16.0 Å². The molecule has 1 aromatic rings. The lowest BCUT2D eigenvalue weighted by Gasteiger charge is -2.29. The number of carbonyl (C=O) groups excluding carboxylic acids is 2. The van der Waals surface area contributed by atoms with Gasteiger partial charge in [-0.25, -0.2) is 9.18 Å². The largest absolute Gasteiger partial charge is 0.378 e. The van der Waals surface area contributed by atoms with E-state index in [9.17, 15) is 14.0 Å². The lowest BCUT2D eigenvalue weighted by molar-refractivity contribution is -0.123. The Balaban J connectivity index is 1.96. The van der Waals surface area contributed by atoms with Crippen LogP contribution in [0.15, 0.2) is 30.3 Å². The first-order chi connectivity index (χ1) is 12.6. The van der Waals surface area contributed by atoms with Gasteiger partial charge in [0.2, 0.25) is 5.91 Å². The topological polar surface area (TPSA) is 94.5 Å². The molecule has 2 unspecified atom stereocenters. The molecule has 7 nitrogen and oxygen atoms in total. The molecule has 1 fully saturated rings. The Morgan fingerprint density at radius 1 is 1.27 bits per heavy atom. The summed E-state index contributed by atoms with van der Waals surface area (Å²) in [5, 5.41) is 13.6. The number of urea groups is 1. The normalized spacial score (nSPS) is 16.2. The van der Waals surface area contributed by atoms with Crippen molar-refractivity contribution in [2.75, 3.05) is 32.8 Å². The first-order valence-corrected chi connectivity index (χ1v) is 8.56. The molecule has 1 heterocycles. The number of halogens is 1. The zero-order valence-electron chi connectivity index (χ0n) is 14.5. The summed E-state index contributed by atoms with van der Waals surface area (Å²) in [6, 6.07) is 9.42. The highest BCUT2D eigenvalue weighted by Crippen LogP contribution is 2.12. The van der Waals surface area contributed by atoms with Gasteiger partial charge in [-0.15, -0.1) is 0 Å². The lowest BCUT2D eigenvalue weighted by Crippen LogP contribution is -2.54. The van der Waals surface area contributed by atoms with E-state index in [2.05, 4.69) is 10.6 Å². The quantitative estimate of drug-likeness (QED) is 0.708. The molecule has 0 spiro atoms. The van der Waals surface area contributed by atoms with Crippen molar-refractivity contribution in [3.05, 3.63) is 35.9 Å². The predicted molar refractivity (Wildman–Crippen MR) is 93.0 cm³/mol. The molecule has 0 aliphatic carbocycles. The maximum absolute atomic E-state index is 14.5. The molecule has 1 aliphatic rings. The molecule has 2 N–H and O–H groups in total. The van der Waals surface area contributed by atoms with Crippen LogP contribution < -0.4 is 10.6 Å². The number of benzene rings is 1. The molecule has 3 amide bonds. The van der Waals surface area contributed by atoms with E-state index in [-0.39, 0.29) is 19.4 Å². The SMILES string of the molecule is N#CCNC(=O)C(CC(F)Cc1ccccc1)NC(=O)N1CCOCC1. The molecule has 2 rings (SSSR count). The maximum Gasteiger partial charge on any atom is 0.318 e. The smallest absolute Gasteiger partial charge is 0.318 e. The van der Waals surface area contributed by atoms with E-state index in [1.54, 1.807) is 6.07 Å². The Hall–Kier alpha value is -2.66. The van der Waals surface area contributed by atoms with Crippen LogP contribution in [0.1, 0.15) is 12.0 Å². The molecule has 0 radical (unpaired) electrons. The Bertz CT molecular complexity index is 629. The van der Waals surface area contributed by atoms with Crippen LogP contribution >= 0.6 is 0 Å². The minimum atomic E-state index is -1.31. The molecular weight excluding hydrogens is 339 g/mol. The van der Waals surface area contributed by atoms with Crippen molar-refractivity contribution >= 4 is 11.9 Å². The molecule has 0 aromatic heterocycles. The van der Waals surface area contributed by atoms with Gasteiger partial charge in [-0.3, -0.25) is 4.79 Å². The van der Waals surface area contributed by atoms with Crippen molar-refractivity contribution in [2.24, 2.45) is 0 Å². The van der Waals surface area contributed by atoms with Gasteiger partial charge in [0.05, 0.1) is 19.3 Å². The predicted octanol–water partition coefficient (Wildman–Crippen LogP) is 1.01. The van der Waals surface area contributed by atoms with E-state index in [0.717, 1.165) is 5.56 Å². The molecule has 0 saturated carbocycles. The molecular formula is C18H23FN4O3. The summed E-state index contributed by atoms with van der Waals surface area (Å²) in [6.45, 7) is 1.50. The Kier molecular flexibility index (Phi) is 7.83. The molecule has 26 heavy (non-hydrogen) atoms. The number of nitrogens with zero attached hydrogens (tertiary/aromatic N) is 2. The van der Waals surface area contributed by atoms with Gasteiger partial charge >= 0.3 is 6.03 Å². The minimum absolute atomic E-state index is 0.149. The van der Waals surface area contributed by atoms with E-state index in [0.29, 0.717) is 26.3 Å². The fourth-order valence-corrected chi connectivity index (χ4v) is 2.70. The number of amides is 3. The molecule has 2 atom stereocenters. The van der Waals surface area contributed by atoms with E-state index in [1.807, 2.05) is 30.3 Å². The number of rotatable bonds is 7. The summed E-state index contributed by atoms with van der Waals surface area (Å²) in [6.07, 6.45) is -1.32. The average Bonchev–Trinajstić information content (AvgIpc) is 2.67. The number of nitriles is 1. The van der Waals surface area contributed by atoms with Crippen molar-refractivity contribution in [1.82, 2.24) is 15.5 Å². The standard InChI is InChI=1S/C18H23FN4O3/c19-15(12-14-4-2-1-3-5-14)13-16(17(24)21-7-6-20)22-18(25)23-8-10-26-11-9-23/h1-5,15-16H,7-13H2,(H,21,24)(H,22,25). The molecule has 1 aliphatic heterocycles. The van der Waals surface area contributed by atoms with Crippen LogP contribution in [0.3, 0.4) is 0 Å². The van der Waals surface area contributed by atoms with Crippen molar-refractivity contribution in [1.29, 1.82) is 5.26 Å². The maximum atomic E-state index is 14.5. The molecule has 0 bridgehead atoms. The van der Waals surface area contributed by atoms with Crippen LogP contribution in [0.5, 0.6) is 0 Å². The van der Waals surface area contributed by atoms with Crippen LogP contribution in [0.25, 0.3) is 0 Å². The monoisotopic (exact) mass is 362 g/mol. The Morgan fingerprint density at radius 2 is 1.96 bits per heavy atom. The van der Waals surface area contributed by atoms with Crippen LogP contribution in [0, 0.1) is 11.3 Å². The van der Waals surface area contributed by atoms with Crippen LogP contribution in [0.2, 0.25) is 0 Å². The Labute approximate surface area is 152 Å². The van der Waals surface area contributed by atoms with Gasteiger partial charge in [0, 0.05) is 25.9 Å². The van der Waals surface area contributed by atoms with Crippen molar-refractivity contribution < 1.29 is 18.7 Å². The van der Waals surface area contributed by atoms with Crippen molar-refractivity contribution in [2.45, 2.75) is 25.1 Å². The first kappa shape index (κ1) is 19.7. The number of hydrogen-bond donors (Lipinski definition) is 2. The van der Waals surface area contributed by atoms with Crippen molar-refractivity contribution in [3.8, 4) is 6.07 Å². The van der Waals surface area contributed by atoms with Gasteiger partial charge in [-0.05, 0) is 5.56 Å². The third-order valence-corrected chi connectivity index (χ3v) is 4.05. The van der Waals surface area contributed by atoms with E-state index >= 15 is 0 Å². The summed E-state index contributed by atoms with van der Waals surface area (Å²) in [5.41, 5.74) is 0.815. The summed E-state index contributed by atoms with van der Waals surface area (Å²) in [4.78, 5) is 26.1. The first-order valence-electron chi connectivity index (χ1n) is 8.56. The highest BCUT2D eigenvalue weighted by Gasteiger charge is 2.27. The zero-order valence-corrected chi connectivity index (χ0v) is 14.5. The molecule has 8 heteroatoms. The van der Waals surface area contributed by atoms with E-state index in [4.69, 9.17) is 10.00 Å². The molecule has 1 aromatic carbocycles. The zero-order chi connectivity index (χ0) is 18.8. The van der Waals surface area contributed by atoms with Gasteiger partial charge in [-0.2, -0.15) is 5.26 Å². The van der Waals surface area contributed by atoms with Gasteiger partial charge in [0.1, 0.15) is 18.8 Å². The van der Waals surface area contributed by atoms with E-state index in [1.165, 1.54) is 4.90 Å². The van der Waals surface area contributed by atoms with Gasteiger partial charge in [0.25, 0.3) is 0 Å². The third kappa shape index (κ3) is 6.33. The van der Waals surface area contributed by atoms with E-state index < -0.39 is 24.2 Å². The molecule has 140 valence electrons. The summed E-state index contributed by atoms with van der Waals surface area (Å²) < 4.78 is 19.7. The summed E-state index contributed by atoms with van der Waals surface area (Å²) >= 11 is 0. The fraction of sp³-hybridized carbons (Fsp3) is 0.500. The lowest BCUT2D eigenvalue weighted by atomic mass is 10.0. The number of ether oxygens (including phenoxy) is 1. The number of nitrogens with one attached hydrogen (secondary N) is 2. The number of alkyl halides is 1. The second kappa shape index (κ2) is 10.4. The average molecular weight is 362 g/mol. The second-order valence-corrected chi connectivity index (χ2v) is 6.00. The van der Waals surface area contributed by atoms with Crippen molar-refractivity contribution in [3.63, 3.8) is 0 Å². The minimum Gasteiger partial charge on any atom is -0.378 e. The second-order valence-electron chi connectivity index (χ2n) is 6.00. The summed E-state index contributed by atoms with van der Waals surface area (Å²) in [7, 11) is 0. The molecule has 1 saturated heterocycles. The Morgan fingerprint density at radius 3 is 2.62 bits per heavy atom. The van der Waals surface area contributed by atoms with Crippen LogP contribution in [0.4, 0.5) is 9.18 Å². The van der Waals surface area contributed by atoms with Gasteiger partial charge in [-0.1, -0.05) is 30.3 Å². The highest BCUT2D eigenvalue weighted by atomic mass is 19.1. The highest BCUT2D eigenvalue weighted by molar-refractivity contribution is 5.87. The number of hydrogen-bond acceptors (Lipinski definition) is 4. The number of carbonyl (C=O) groups is 2. The number of morpholine rings is 1. The summed E-state index contributed by atoms with van der Waals surface area (Å²) in [5.74, 6) is -0.566. The van der Waals surface area contributed by atoms with Gasteiger partial charge < -0.3 is 20.3 Å². The van der Waals surface area contributed by atoms with Crippen LogP contribution in [-0.4, -0.2) is 61.9 Å². The fourth-order valence-electron chi connectivity index (χ4n) is 2.70. The van der Waals surface area contributed by atoms with Gasteiger partial charge in [0.15, 0.2) is 0 Å².